The van der Waals surface area contributed by atoms with Crippen molar-refractivity contribution in [2.45, 2.75) is 60.4 Å². The maximum Gasteiger partial charge on any atom is 0.341 e. The summed E-state index contributed by atoms with van der Waals surface area (Å²) in [6.45, 7) is 8.92. The molecule has 0 saturated heterocycles. The standard InChI is InChI=1S/C23H27N5O4S/c1-6-32-22(31)19-16-8-7-9-17(16)33-20(19)25-18(29)11-27-21(30)14(4)15(5)24-23(27)28-13(3)10-12(2)26-28/h10H,6-9,11H2,1-5H3,(H,25,29). The number of esters is 1. The fourth-order valence-electron chi connectivity index (χ4n) is 4.10. The predicted molar refractivity (Wildman–Crippen MR) is 125 cm³/mol. The lowest BCUT2D eigenvalue weighted by atomic mass is 10.1. The molecule has 1 aliphatic carbocycles. The highest BCUT2D eigenvalue weighted by Gasteiger charge is 2.28. The number of rotatable bonds is 6. The number of carbonyl (C=O) groups excluding carboxylic acids is 2. The lowest BCUT2D eigenvalue weighted by Gasteiger charge is -2.15. The molecule has 3 heterocycles. The number of nitrogens with one attached hydrogen (secondary N) is 1. The van der Waals surface area contributed by atoms with Crippen LogP contribution in [0.2, 0.25) is 0 Å². The quantitative estimate of drug-likeness (QED) is 0.556. The molecule has 3 aromatic rings. The monoisotopic (exact) mass is 469 g/mol. The average molecular weight is 470 g/mol. The second-order valence-electron chi connectivity index (χ2n) is 8.18. The first-order chi connectivity index (χ1) is 15.7. The Morgan fingerprint density at radius 2 is 1.97 bits per heavy atom. The van der Waals surface area contributed by atoms with E-state index in [4.69, 9.17) is 4.74 Å². The number of thiophene rings is 1. The lowest BCUT2D eigenvalue weighted by Crippen LogP contribution is -2.34. The molecular weight excluding hydrogens is 442 g/mol. The molecule has 33 heavy (non-hydrogen) atoms. The van der Waals surface area contributed by atoms with Gasteiger partial charge in [0.25, 0.3) is 5.56 Å². The maximum absolute atomic E-state index is 13.1. The highest BCUT2D eigenvalue weighted by atomic mass is 32.1. The third-order valence-electron chi connectivity index (χ3n) is 5.77. The number of amides is 1. The average Bonchev–Trinajstić information content (AvgIpc) is 3.42. The van der Waals surface area contributed by atoms with Gasteiger partial charge in [-0.2, -0.15) is 5.10 Å². The van der Waals surface area contributed by atoms with Crippen LogP contribution in [0.3, 0.4) is 0 Å². The fourth-order valence-corrected chi connectivity index (χ4v) is 5.39. The number of hydrogen-bond acceptors (Lipinski definition) is 7. The van der Waals surface area contributed by atoms with E-state index in [1.54, 1.807) is 25.5 Å². The molecule has 0 radical (unpaired) electrons. The molecule has 1 amide bonds. The number of hydrogen-bond donors (Lipinski definition) is 1. The Hall–Kier alpha value is -3.27. The molecule has 0 saturated carbocycles. The summed E-state index contributed by atoms with van der Waals surface area (Å²) < 4.78 is 8.12. The Morgan fingerprint density at radius 1 is 1.21 bits per heavy atom. The van der Waals surface area contributed by atoms with Gasteiger partial charge in [0.1, 0.15) is 11.5 Å². The van der Waals surface area contributed by atoms with Gasteiger partial charge in [-0.25, -0.2) is 14.5 Å². The van der Waals surface area contributed by atoms with Crippen molar-refractivity contribution in [2.24, 2.45) is 0 Å². The van der Waals surface area contributed by atoms with Crippen LogP contribution in [0.25, 0.3) is 5.95 Å². The largest absolute Gasteiger partial charge is 0.462 e. The third-order valence-corrected chi connectivity index (χ3v) is 6.98. The van der Waals surface area contributed by atoms with Crippen molar-refractivity contribution in [1.29, 1.82) is 0 Å². The molecule has 0 atom stereocenters. The third kappa shape index (κ3) is 4.22. The lowest BCUT2D eigenvalue weighted by molar-refractivity contribution is -0.116. The second kappa shape index (κ2) is 8.93. The fraction of sp³-hybridized carbons (Fsp3) is 0.435. The number of nitrogens with zero attached hydrogens (tertiary/aromatic N) is 4. The van der Waals surface area contributed by atoms with Crippen LogP contribution < -0.4 is 10.9 Å². The van der Waals surface area contributed by atoms with Gasteiger partial charge in [-0.05, 0) is 65.5 Å². The van der Waals surface area contributed by atoms with E-state index in [0.29, 0.717) is 21.8 Å². The van der Waals surface area contributed by atoms with Crippen molar-refractivity contribution >= 4 is 28.2 Å². The summed E-state index contributed by atoms with van der Waals surface area (Å²) in [5, 5.41) is 7.76. The summed E-state index contributed by atoms with van der Waals surface area (Å²) >= 11 is 1.40. The first-order valence-corrected chi connectivity index (χ1v) is 11.8. The van der Waals surface area contributed by atoms with E-state index >= 15 is 0 Å². The molecule has 3 aromatic heterocycles. The van der Waals surface area contributed by atoms with Crippen molar-refractivity contribution in [3.8, 4) is 5.95 Å². The van der Waals surface area contributed by atoms with Crippen molar-refractivity contribution in [3.05, 3.63) is 55.1 Å². The molecule has 10 heteroatoms. The Kier molecular flexibility index (Phi) is 6.20. The topological polar surface area (TPSA) is 108 Å². The van der Waals surface area contributed by atoms with Crippen LogP contribution in [0, 0.1) is 27.7 Å². The highest BCUT2D eigenvalue weighted by molar-refractivity contribution is 7.17. The number of anilines is 1. The van der Waals surface area contributed by atoms with Crippen LogP contribution in [-0.2, 0) is 28.9 Å². The summed E-state index contributed by atoms with van der Waals surface area (Å²) in [6, 6.07) is 1.88. The van der Waals surface area contributed by atoms with Crippen LogP contribution in [0.15, 0.2) is 10.9 Å². The number of carbonyl (C=O) groups is 2. The molecule has 0 aromatic carbocycles. The molecule has 0 fully saturated rings. The predicted octanol–water partition coefficient (Wildman–Crippen LogP) is 3.03. The minimum absolute atomic E-state index is 0.256. The van der Waals surface area contributed by atoms with Crippen LogP contribution in [-0.4, -0.2) is 37.8 Å². The van der Waals surface area contributed by atoms with Crippen molar-refractivity contribution < 1.29 is 14.3 Å². The summed E-state index contributed by atoms with van der Waals surface area (Å²) in [6.07, 6.45) is 2.65. The van der Waals surface area contributed by atoms with E-state index in [-0.39, 0.29) is 24.7 Å². The smallest absolute Gasteiger partial charge is 0.341 e. The zero-order valence-corrected chi connectivity index (χ0v) is 20.3. The van der Waals surface area contributed by atoms with Gasteiger partial charge in [-0.3, -0.25) is 14.2 Å². The molecule has 1 N–H and O–H groups in total. The van der Waals surface area contributed by atoms with Crippen LogP contribution in [0.1, 0.15) is 56.8 Å². The first kappa shape index (κ1) is 22.9. The molecule has 174 valence electrons. The molecule has 0 bridgehead atoms. The SMILES string of the molecule is CCOC(=O)c1c(NC(=O)Cn2c(-n3nc(C)cc3C)nc(C)c(C)c2=O)sc2c1CCC2. The number of aryl methyl sites for hydroxylation is 4. The van der Waals surface area contributed by atoms with Gasteiger partial charge in [-0.15, -0.1) is 11.3 Å². The zero-order chi connectivity index (χ0) is 23.9. The van der Waals surface area contributed by atoms with E-state index in [0.717, 1.165) is 41.1 Å². The van der Waals surface area contributed by atoms with Gasteiger partial charge < -0.3 is 10.1 Å². The number of ether oxygens (including phenoxy) is 1. The van der Waals surface area contributed by atoms with E-state index in [1.807, 2.05) is 19.9 Å². The van der Waals surface area contributed by atoms with E-state index in [9.17, 15) is 14.4 Å². The second-order valence-corrected chi connectivity index (χ2v) is 9.29. The Balaban J connectivity index is 1.70. The van der Waals surface area contributed by atoms with Gasteiger partial charge in [0.2, 0.25) is 11.9 Å². The van der Waals surface area contributed by atoms with E-state index in [1.165, 1.54) is 15.9 Å². The van der Waals surface area contributed by atoms with Crippen molar-refractivity contribution in [1.82, 2.24) is 19.3 Å². The van der Waals surface area contributed by atoms with Crippen molar-refractivity contribution in [2.75, 3.05) is 11.9 Å². The highest BCUT2D eigenvalue weighted by Crippen LogP contribution is 2.39. The summed E-state index contributed by atoms with van der Waals surface area (Å²) in [5.74, 6) is -0.570. The van der Waals surface area contributed by atoms with Gasteiger partial charge in [0.15, 0.2) is 0 Å². The minimum Gasteiger partial charge on any atom is -0.462 e. The summed E-state index contributed by atoms with van der Waals surface area (Å²) in [5.41, 5.74) is 3.72. The van der Waals surface area contributed by atoms with E-state index in [2.05, 4.69) is 15.4 Å². The van der Waals surface area contributed by atoms with E-state index < -0.39 is 11.9 Å². The molecule has 0 spiro atoms. The molecular formula is C23H27N5O4S. The van der Waals surface area contributed by atoms with Crippen LogP contribution in [0.5, 0.6) is 0 Å². The van der Waals surface area contributed by atoms with Gasteiger partial charge >= 0.3 is 5.97 Å². The minimum atomic E-state index is -0.430. The molecule has 1 aliphatic rings. The van der Waals surface area contributed by atoms with Gasteiger partial charge in [0, 0.05) is 21.8 Å². The van der Waals surface area contributed by atoms with Gasteiger partial charge in [-0.1, -0.05) is 0 Å². The Bertz CT molecular complexity index is 1320. The van der Waals surface area contributed by atoms with Crippen LogP contribution >= 0.6 is 11.3 Å². The first-order valence-electron chi connectivity index (χ1n) is 10.9. The normalized spacial score (nSPS) is 12.6. The Labute approximate surface area is 195 Å². The molecule has 0 aliphatic heterocycles. The zero-order valence-electron chi connectivity index (χ0n) is 19.4. The summed E-state index contributed by atoms with van der Waals surface area (Å²) in [7, 11) is 0. The van der Waals surface area contributed by atoms with Crippen molar-refractivity contribution in [3.63, 3.8) is 0 Å². The molecule has 4 rings (SSSR count). The molecule has 9 nitrogen and oxygen atoms in total. The summed E-state index contributed by atoms with van der Waals surface area (Å²) in [4.78, 5) is 44.4. The Morgan fingerprint density at radius 3 is 2.64 bits per heavy atom. The van der Waals surface area contributed by atoms with Crippen LogP contribution in [0.4, 0.5) is 5.00 Å². The molecule has 0 unspecified atom stereocenters. The maximum atomic E-state index is 13.1. The number of aromatic nitrogens is 4. The van der Waals surface area contributed by atoms with Gasteiger partial charge in [0.05, 0.1) is 17.9 Å². The number of fused-ring (bicyclic) bond motifs is 1.